The molecule has 2 heterocycles. The van der Waals surface area contributed by atoms with Gasteiger partial charge in [-0.2, -0.15) is 0 Å². The van der Waals surface area contributed by atoms with Crippen LogP contribution in [0.25, 0.3) is 0 Å². The first-order chi connectivity index (χ1) is 12.3. The Balaban J connectivity index is 1.95. The Bertz CT molecular complexity index is 752. The summed E-state index contributed by atoms with van der Waals surface area (Å²) >= 11 is 2.37. The molecular formula is C14H22N4O5S3. The lowest BCUT2D eigenvalue weighted by molar-refractivity contribution is -0.131. The molecule has 1 saturated heterocycles. The molecule has 146 valence electrons. The van der Waals surface area contributed by atoms with Gasteiger partial charge in [0, 0.05) is 12.6 Å². The highest BCUT2D eigenvalue weighted by atomic mass is 32.2. The Morgan fingerprint density at radius 1 is 1.42 bits per heavy atom. The smallest absolute Gasteiger partial charge is 0.413 e. The molecule has 1 aromatic heterocycles. The van der Waals surface area contributed by atoms with Crippen LogP contribution in [0, 0.1) is 0 Å². The van der Waals surface area contributed by atoms with Crippen molar-refractivity contribution < 1.29 is 22.7 Å². The third kappa shape index (κ3) is 5.55. The highest BCUT2D eigenvalue weighted by Crippen LogP contribution is 2.30. The Morgan fingerprint density at radius 2 is 2.15 bits per heavy atom. The number of ether oxygens (including phenoxy) is 1. The zero-order valence-corrected chi connectivity index (χ0v) is 17.2. The van der Waals surface area contributed by atoms with Crippen LogP contribution in [0.2, 0.25) is 0 Å². The molecule has 2 unspecified atom stereocenters. The normalized spacial score (nSPS) is 19.7. The molecule has 2 atom stereocenters. The van der Waals surface area contributed by atoms with Crippen molar-refractivity contribution in [1.82, 2.24) is 15.1 Å². The molecule has 0 saturated carbocycles. The van der Waals surface area contributed by atoms with Crippen LogP contribution < -0.4 is 5.32 Å². The van der Waals surface area contributed by atoms with Crippen LogP contribution in [-0.4, -0.2) is 71.5 Å². The van der Waals surface area contributed by atoms with Gasteiger partial charge in [-0.15, -0.1) is 10.2 Å². The number of sulfone groups is 1. The van der Waals surface area contributed by atoms with E-state index >= 15 is 0 Å². The Morgan fingerprint density at radius 3 is 2.73 bits per heavy atom. The summed E-state index contributed by atoms with van der Waals surface area (Å²) < 4.78 is 28.7. The van der Waals surface area contributed by atoms with Crippen molar-refractivity contribution in [2.24, 2.45) is 0 Å². The lowest BCUT2D eigenvalue weighted by Crippen LogP contribution is -2.44. The molecule has 2 amide bonds. The molecule has 2 rings (SSSR count). The topological polar surface area (TPSA) is 119 Å². The number of aromatic nitrogens is 2. The average Bonchev–Trinajstić information content (AvgIpc) is 3.14. The van der Waals surface area contributed by atoms with Gasteiger partial charge in [0.05, 0.1) is 23.4 Å². The summed E-state index contributed by atoms with van der Waals surface area (Å²) in [6.07, 6.45) is -0.130. The highest BCUT2D eigenvalue weighted by molar-refractivity contribution is 8.02. The van der Waals surface area contributed by atoms with Crippen LogP contribution >= 0.6 is 23.1 Å². The van der Waals surface area contributed by atoms with Crippen LogP contribution in [0.5, 0.6) is 0 Å². The lowest BCUT2D eigenvalue weighted by atomic mass is 10.2. The quantitative estimate of drug-likeness (QED) is 0.520. The molecule has 12 heteroatoms. The van der Waals surface area contributed by atoms with Crippen molar-refractivity contribution in [2.75, 3.05) is 30.0 Å². The zero-order valence-electron chi connectivity index (χ0n) is 14.8. The summed E-state index contributed by atoms with van der Waals surface area (Å²) in [5.74, 6) is 0.0215. The number of carbonyl (C=O) groups excluding carboxylic acids is 2. The summed E-state index contributed by atoms with van der Waals surface area (Å²) in [5.41, 5.74) is 0. The lowest BCUT2D eigenvalue weighted by Gasteiger charge is -2.29. The van der Waals surface area contributed by atoms with E-state index in [1.165, 1.54) is 11.8 Å². The van der Waals surface area contributed by atoms with Crippen LogP contribution in [0.15, 0.2) is 4.34 Å². The Labute approximate surface area is 160 Å². The molecule has 0 bridgehead atoms. The SMILES string of the molecule is CCOC(=O)Nc1nnc(SC(C)C(=O)N(CC)C2CCS(=O)(=O)C2)s1. The summed E-state index contributed by atoms with van der Waals surface area (Å²) in [6, 6.07) is -0.268. The van der Waals surface area contributed by atoms with Crippen LogP contribution in [0.1, 0.15) is 27.2 Å². The molecule has 1 aliphatic rings. The fourth-order valence-corrected chi connectivity index (χ4v) is 6.30. The number of thioether (sulfide) groups is 1. The molecule has 0 spiro atoms. The number of hydrogen-bond acceptors (Lipinski definition) is 9. The van der Waals surface area contributed by atoms with E-state index in [2.05, 4.69) is 15.5 Å². The molecule has 1 aliphatic heterocycles. The van der Waals surface area contributed by atoms with Gasteiger partial charge in [-0.3, -0.25) is 10.1 Å². The van der Waals surface area contributed by atoms with Crippen LogP contribution in [-0.2, 0) is 19.4 Å². The second-order valence-corrected chi connectivity index (χ2v) is 10.5. The molecule has 9 nitrogen and oxygen atoms in total. The minimum atomic E-state index is -3.05. The minimum absolute atomic E-state index is 0.0242. The van der Waals surface area contributed by atoms with Crippen molar-refractivity contribution in [3.63, 3.8) is 0 Å². The van der Waals surface area contributed by atoms with E-state index in [-0.39, 0.29) is 30.1 Å². The Hall–Kier alpha value is -1.40. The number of hydrogen-bond donors (Lipinski definition) is 1. The minimum Gasteiger partial charge on any atom is -0.450 e. The van der Waals surface area contributed by atoms with E-state index in [9.17, 15) is 18.0 Å². The van der Waals surface area contributed by atoms with Crippen molar-refractivity contribution in [1.29, 1.82) is 0 Å². The van der Waals surface area contributed by atoms with Gasteiger partial charge in [-0.1, -0.05) is 23.1 Å². The standard InChI is InChI=1S/C14H22N4O5S3/c1-4-18(10-6-7-26(21,22)8-10)11(19)9(3)24-14-17-16-12(25-14)15-13(20)23-5-2/h9-10H,4-8H2,1-3H3,(H,15,16,20). The molecule has 1 N–H and O–H groups in total. The van der Waals surface area contributed by atoms with E-state index in [0.717, 1.165) is 11.3 Å². The summed E-state index contributed by atoms with van der Waals surface area (Å²) in [7, 11) is -3.05. The third-order valence-electron chi connectivity index (χ3n) is 3.79. The first-order valence-corrected chi connectivity index (χ1v) is 11.7. The molecule has 26 heavy (non-hydrogen) atoms. The maximum absolute atomic E-state index is 12.7. The maximum atomic E-state index is 12.7. The monoisotopic (exact) mass is 422 g/mol. The van der Waals surface area contributed by atoms with E-state index < -0.39 is 21.2 Å². The fraction of sp³-hybridized carbons (Fsp3) is 0.714. The van der Waals surface area contributed by atoms with Gasteiger partial charge in [-0.25, -0.2) is 13.2 Å². The second-order valence-electron chi connectivity index (χ2n) is 5.66. The van der Waals surface area contributed by atoms with Gasteiger partial charge in [0.15, 0.2) is 14.2 Å². The molecule has 1 aromatic rings. The van der Waals surface area contributed by atoms with Gasteiger partial charge >= 0.3 is 6.09 Å². The van der Waals surface area contributed by atoms with Crippen LogP contribution in [0.3, 0.4) is 0 Å². The Kier molecular flexibility index (Phi) is 7.24. The zero-order chi connectivity index (χ0) is 19.3. The number of nitrogens with one attached hydrogen (secondary N) is 1. The summed E-state index contributed by atoms with van der Waals surface area (Å²) in [6.45, 7) is 5.99. The number of carbonyl (C=O) groups is 2. The van der Waals surface area contributed by atoms with Crippen molar-refractivity contribution >= 4 is 50.1 Å². The largest absolute Gasteiger partial charge is 0.450 e. The predicted octanol–water partition coefficient (Wildman–Crippen LogP) is 1.62. The van der Waals surface area contributed by atoms with Crippen molar-refractivity contribution in [2.45, 2.75) is 42.8 Å². The van der Waals surface area contributed by atoms with Gasteiger partial charge in [0.2, 0.25) is 11.0 Å². The van der Waals surface area contributed by atoms with Gasteiger partial charge in [-0.05, 0) is 27.2 Å². The van der Waals surface area contributed by atoms with Crippen molar-refractivity contribution in [3.8, 4) is 0 Å². The first-order valence-electron chi connectivity index (χ1n) is 8.20. The number of nitrogens with zero attached hydrogens (tertiary/aromatic N) is 3. The number of anilines is 1. The third-order valence-corrected chi connectivity index (χ3v) is 7.55. The number of amides is 2. The highest BCUT2D eigenvalue weighted by Gasteiger charge is 2.35. The van der Waals surface area contributed by atoms with Gasteiger partial charge in [0.25, 0.3) is 0 Å². The van der Waals surface area contributed by atoms with Crippen LogP contribution in [0.4, 0.5) is 9.93 Å². The molecule has 0 aromatic carbocycles. The maximum Gasteiger partial charge on any atom is 0.413 e. The molecule has 0 radical (unpaired) electrons. The summed E-state index contributed by atoms with van der Waals surface area (Å²) in [5, 5.41) is 10.1. The van der Waals surface area contributed by atoms with E-state index in [1.54, 1.807) is 18.7 Å². The number of rotatable bonds is 7. The van der Waals surface area contributed by atoms with E-state index in [1.807, 2.05) is 6.92 Å². The second kappa shape index (κ2) is 9.00. The van der Waals surface area contributed by atoms with Gasteiger partial charge < -0.3 is 9.64 Å². The van der Waals surface area contributed by atoms with Crippen molar-refractivity contribution in [3.05, 3.63) is 0 Å². The average molecular weight is 423 g/mol. The molecule has 0 aliphatic carbocycles. The molecular weight excluding hydrogens is 400 g/mol. The van der Waals surface area contributed by atoms with E-state index in [4.69, 9.17) is 4.74 Å². The first kappa shape index (κ1) is 20.9. The molecule has 1 fully saturated rings. The van der Waals surface area contributed by atoms with E-state index in [0.29, 0.717) is 22.4 Å². The summed E-state index contributed by atoms with van der Waals surface area (Å²) in [4.78, 5) is 25.7. The fourth-order valence-electron chi connectivity index (χ4n) is 2.61. The van der Waals surface area contributed by atoms with Gasteiger partial charge in [0.1, 0.15) is 0 Å². The predicted molar refractivity (Wildman–Crippen MR) is 100 cm³/mol.